The molecule has 1 unspecified atom stereocenters. The van der Waals surface area contributed by atoms with Crippen molar-refractivity contribution in [1.29, 1.82) is 0 Å². The average molecular weight is 201 g/mol. The maximum absolute atomic E-state index is 11.0. The highest BCUT2D eigenvalue weighted by Crippen LogP contribution is 1.85. The number of nitrogens with one attached hydrogen (secondary N) is 3. The number of hydrogen-bond donors (Lipinski definition) is 3. The van der Waals surface area contributed by atoms with E-state index in [-0.39, 0.29) is 6.03 Å². The van der Waals surface area contributed by atoms with E-state index in [2.05, 4.69) is 29.8 Å². The van der Waals surface area contributed by atoms with Gasteiger partial charge in [0, 0.05) is 19.1 Å². The molecule has 0 saturated heterocycles. The summed E-state index contributed by atoms with van der Waals surface area (Å²) in [6.45, 7) is 8.51. The van der Waals surface area contributed by atoms with Crippen molar-refractivity contribution in [3.8, 4) is 0 Å². The molecule has 0 aliphatic rings. The van der Waals surface area contributed by atoms with Gasteiger partial charge in [-0.3, -0.25) is 0 Å². The van der Waals surface area contributed by atoms with Crippen molar-refractivity contribution in [2.75, 3.05) is 19.6 Å². The lowest BCUT2D eigenvalue weighted by atomic mass is 10.3. The Kier molecular flexibility index (Phi) is 8.33. The van der Waals surface area contributed by atoms with Gasteiger partial charge in [-0.1, -0.05) is 13.3 Å². The monoisotopic (exact) mass is 201 g/mol. The number of rotatable bonds is 7. The molecular formula is C10H23N3O. The van der Waals surface area contributed by atoms with Crippen LogP contribution in [0.25, 0.3) is 0 Å². The van der Waals surface area contributed by atoms with E-state index < -0.39 is 0 Å². The summed E-state index contributed by atoms with van der Waals surface area (Å²) in [6.07, 6.45) is 2.38. The van der Waals surface area contributed by atoms with Gasteiger partial charge in [0.15, 0.2) is 0 Å². The van der Waals surface area contributed by atoms with Crippen LogP contribution in [0.5, 0.6) is 0 Å². The second-order valence-corrected chi connectivity index (χ2v) is 3.45. The predicted molar refractivity (Wildman–Crippen MR) is 59.4 cm³/mol. The van der Waals surface area contributed by atoms with Gasteiger partial charge < -0.3 is 16.0 Å². The molecule has 0 aliphatic heterocycles. The highest BCUT2D eigenvalue weighted by atomic mass is 16.2. The second kappa shape index (κ2) is 8.81. The van der Waals surface area contributed by atoms with Crippen LogP contribution in [0.1, 0.15) is 33.6 Å². The van der Waals surface area contributed by atoms with E-state index in [9.17, 15) is 4.79 Å². The van der Waals surface area contributed by atoms with Gasteiger partial charge in [0.2, 0.25) is 0 Å². The standard InChI is InChI=1S/C10H23N3O/c1-4-6-7-12-9(3)8-13-10(14)11-5-2/h9,12H,4-8H2,1-3H3,(H2,11,13,14). The van der Waals surface area contributed by atoms with Gasteiger partial charge in [-0.15, -0.1) is 0 Å². The highest BCUT2D eigenvalue weighted by molar-refractivity contribution is 5.73. The van der Waals surface area contributed by atoms with Crippen LogP contribution in [0.4, 0.5) is 4.79 Å². The molecular weight excluding hydrogens is 178 g/mol. The number of hydrogen-bond acceptors (Lipinski definition) is 2. The predicted octanol–water partition coefficient (Wildman–Crippen LogP) is 1.08. The number of urea groups is 1. The fourth-order valence-corrected chi connectivity index (χ4v) is 1.07. The Morgan fingerprint density at radius 3 is 2.57 bits per heavy atom. The van der Waals surface area contributed by atoms with Gasteiger partial charge >= 0.3 is 6.03 Å². The fraction of sp³-hybridized carbons (Fsp3) is 0.900. The van der Waals surface area contributed by atoms with Crippen LogP contribution in [-0.2, 0) is 0 Å². The molecule has 4 heteroatoms. The molecule has 0 aliphatic carbocycles. The van der Waals surface area contributed by atoms with Crippen molar-refractivity contribution in [1.82, 2.24) is 16.0 Å². The highest BCUT2D eigenvalue weighted by Gasteiger charge is 2.02. The van der Waals surface area contributed by atoms with Gasteiger partial charge in [-0.25, -0.2) is 4.79 Å². The van der Waals surface area contributed by atoms with Crippen molar-refractivity contribution in [3.63, 3.8) is 0 Å². The lowest BCUT2D eigenvalue weighted by molar-refractivity contribution is 0.240. The van der Waals surface area contributed by atoms with Crippen LogP contribution in [0.2, 0.25) is 0 Å². The van der Waals surface area contributed by atoms with Crippen LogP contribution < -0.4 is 16.0 Å². The van der Waals surface area contributed by atoms with E-state index in [1.165, 1.54) is 12.8 Å². The van der Waals surface area contributed by atoms with Crippen molar-refractivity contribution in [3.05, 3.63) is 0 Å². The zero-order valence-electron chi connectivity index (χ0n) is 9.52. The van der Waals surface area contributed by atoms with Crippen LogP contribution in [-0.4, -0.2) is 31.7 Å². The van der Waals surface area contributed by atoms with Crippen molar-refractivity contribution in [2.45, 2.75) is 39.7 Å². The van der Waals surface area contributed by atoms with Crippen molar-refractivity contribution in [2.24, 2.45) is 0 Å². The topological polar surface area (TPSA) is 53.2 Å². The second-order valence-electron chi connectivity index (χ2n) is 3.45. The molecule has 0 fully saturated rings. The van der Waals surface area contributed by atoms with E-state index in [0.29, 0.717) is 19.1 Å². The molecule has 4 nitrogen and oxygen atoms in total. The normalized spacial score (nSPS) is 12.2. The van der Waals surface area contributed by atoms with E-state index >= 15 is 0 Å². The van der Waals surface area contributed by atoms with Crippen LogP contribution in [0, 0.1) is 0 Å². The Labute approximate surface area is 86.8 Å². The molecule has 0 radical (unpaired) electrons. The number of amides is 2. The molecule has 2 amide bonds. The summed E-state index contributed by atoms with van der Waals surface area (Å²) in [5.74, 6) is 0. The summed E-state index contributed by atoms with van der Waals surface area (Å²) < 4.78 is 0. The molecule has 1 atom stereocenters. The summed E-state index contributed by atoms with van der Waals surface area (Å²) in [7, 11) is 0. The Bertz CT molecular complexity index is 150. The average Bonchev–Trinajstić information content (AvgIpc) is 2.16. The third kappa shape index (κ3) is 7.86. The summed E-state index contributed by atoms with van der Waals surface area (Å²) in [6, 6.07) is 0.251. The van der Waals surface area contributed by atoms with Gasteiger partial charge in [0.05, 0.1) is 0 Å². The van der Waals surface area contributed by atoms with Crippen LogP contribution in [0.15, 0.2) is 0 Å². The third-order valence-corrected chi connectivity index (χ3v) is 1.93. The van der Waals surface area contributed by atoms with Gasteiger partial charge in [-0.2, -0.15) is 0 Å². The first-order chi connectivity index (χ1) is 6.70. The largest absolute Gasteiger partial charge is 0.338 e. The van der Waals surface area contributed by atoms with E-state index in [4.69, 9.17) is 0 Å². The Morgan fingerprint density at radius 1 is 1.29 bits per heavy atom. The number of carbonyl (C=O) groups excluding carboxylic acids is 1. The minimum Gasteiger partial charge on any atom is -0.338 e. The van der Waals surface area contributed by atoms with E-state index in [1.54, 1.807) is 0 Å². The number of unbranched alkanes of at least 4 members (excludes halogenated alkanes) is 1. The van der Waals surface area contributed by atoms with Gasteiger partial charge in [0.25, 0.3) is 0 Å². The van der Waals surface area contributed by atoms with Crippen LogP contribution in [0.3, 0.4) is 0 Å². The Balaban J connectivity index is 3.33. The first-order valence-corrected chi connectivity index (χ1v) is 5.45. The number of carbonyl (C=O) groups is 1. The van der Waals surface area contributed by atoms with Gasteiger partial charge in [0.1, 0.15) is 0 Å². The van der Waals surface area contributed by atoms with Crippen LogP contribution >= 0.6 is 0 Å². The summed E-state index contributed by atoms with van der Waals surface area (Å²) in [4.78, 5) is 11.0. The summed E-state index contributed by atoms with van der Waals surface area (Å²) in [5, 5.41) is 8.83. The van der Waals surface area contributed by atoms with Gasteiger partial charge in [-0.05, 0) is 26.8 Å². The minimum atomic E-state index is -0.0864. The van der Waals surface area contributed by atoms with E-state index in [1.807, 2.05) is 6.92 Å². The fourth-order valence-electron chi connectivity index (χ4n) is 1.07. The van der Waals surface area contributed by atoms with Crippen molar-refractivity contribution >= 4 is 6.03 Å². The maximum Gasteiger partial charge on any atom is 0.314 e. The SMILES string of the molecule is CCCCNC(C)CNC(=O)NCC. The molecule has 0 bridgehead atoms. The lowest BCUT2D eigenvalue weighted by Crippen LogP contribution is -2.43. The molecule has 0 aromatic rings. The molecule has 0 aromatic heterocycles. The maximum atomic E-state index is 11.0. The molecule has 84 valence electrons. The molecule has 3 N–H and O–H groups in total. The minimum absolute atomic E-state index is 0.0864. The summed E-state index contributed by atoms with van der Waals surface area (Å²) >= 11 is 0. The molecule has 0 spiro atoms. The lowest BCUT2D eigenvalue weighted by Gasteiger charge is -2.14. The third-order valence-electron chi connectivity index (χ3n) is 1.93. The summed E-state index contributed by atoms with van der Waals surface area (Å²) in [5.41, 5.74) is 0. The molecule has 0 aromatic carbocycles. The smallest absolute Gasteiger partial charge is 0.314 e. The Morgan fingerprint density at radius 2 is 2.00 bits per heavy atom. The zero-order valence-corrected chi connectivity index (χ0v) is 9.52. The van der Waals surface area contributed by atoms with E-state index in [0.717, 1.165) is 6.54 Å². The zero-order chi connectivity index (χ0) is 10.8. The molecule has 0 saturated carbocycles. The Hall–Kier alpha value is -0.770. The van der Waals surface area contributed by atoms with Crippen molar-refractivity contribution < 1.29 is 4.79 Å². The molecule has 0 rings (SSSR count). The molecule has 14 heavy (non-hydrogen) atoms. The first kappa shape index (κ1) is 13.2. The quantitative estimate of drug-likeness (QED) is 0.540. The first-order valence-electron chi connectivity index (χ1n) is 5.45. The molecule has 0 heterocycles.